The number of hydrogen-bond acceptors (Lipinski definition) is 3. The first-order chi connectivity index (χ1) is 14.3. The van der Waals surface area contributed by atoms with Crippen LogP contribution in [0.15, 0.2) is 18.5 Å². The SMILES string of the molecule is CCCCn1ccc2nc(CNC(=O)C3CCCCC3)cnc21.CCCS(C)(C)C. The van der Waals surface area contributed by atoms with Gasteiger partial charge in [-0.3, -0.25) is 4.79 Å². The molecular weight excluding hydrogens is 392 g/mol. The van der Waals surface area contributed by atoms with Crippen LogP contribution in [-0.4, -0.2) is 45.0 Å². The van der Waals surface area contributed by atoms with Crippen LogP contribution in [0.2, 0.25) is 0 Å². The standard InChI is InChI=1S/C18H26N4O.C6H16S/c1-2-3-10-22-11-9-16-17(22)19-12-15(21-16)13-20-18(23)14-7-5-4-6-8-14;1-5-6-7(2,3)4/h9,11-12,14H,2-8,10,13H2,1H3,(H,20,23);5-6H2,1-4H3. The molecule has 30 heavy (non-hydrogen) atoms. The first kappa shape index (κ1) is 24.7. The maximum atomic E-state index is 12.2. The zero-order valence-electron chi connectivity index (χ0n) is 19.7. The Morgan fingerprint density at radius 2 is 1.90 bits per heavy atom. The molecule has 0 aliphatic heterocycles. The van der Waals surface area contributed by atoms with Crippen LogP contribution >= 0.6 is 10.0 Å². The van der Waals surface area contributed by atoms with E-state index >= 15 is 0 Å². The van der Waals surface area contributed by atoms with Crippen molar-refractivity contribution < 1.29 is 4.79 Å². The summed E-state index contributed by atoms with van der Waals surface area (Å²) in [6.45, 7) is 5.88. The van der Waals surface area contributed by atoms with E-state index in [2.05, 4.69) is 52.5 Å². The minimum absolute atomic E-state index is 0.173. The molecule has 0 saturated heterocycles. The maximum absolute atomic E-state index is 12.2. The Balaban J connectivity index is 0.000000396. The van der Waals surface area contributed by atoms with Crippen LogP contribution in [0.25, 0.3) is 11.2 Å². The third kappa shape index (κ3) is 8.29. The van der Waals surface area contributed by atoms with Gasteiger partial charge in [-0.05, 0) is 56.3 Å². The Morgan fingerprint density at radius 3 is 2.50 bits per heavy atom. The number of unbranched alkanes of at least 4 members (excludes halogenated alkanes) is 1. The fourth-order valence-corrected chi connectivity index (χ4v) is 5.12. The fraction of sp³-hybridized carbons (Fsp3) is 0.708. The molecule has 0 atom stereocenters. The largest absolute Gasteiger partial charge is 0.350 e. The van der Waals surface area contributed by atoms with Gasteiger partial charge in [0.2, 0.25) is 5.91 Å². The zero-order chi connectivity index (χ0) is 22.0. The van der Waals surface area contributed by atoms with Gasteiger partial charge in [0.25, 0.3) is 0 Å². The second kappa shape index (κ2) is 12.3. The van der Waals surface area contributed by atoms with E-state index in [9.17, 15) is 4.79 Å². The van der Waals surface area contributed by atoms with Crippen LogP contribution in [0, 0.1) is 5.92 Å². The number of nitrogens with zero attached hydrogens (tertiary/aromatic N) is 3. The lowest BCUT2D eigenvalue weighted by molar-refractivity contribution is -0.126. The van der Waals surface area contributed by atoms with Crippen LogP contribution in [-0.2, 0) is 17.9 Å². The number of carbonyl (C=O) groups is 1. The summed E-state index contributed by atoms with van der Waals surface area (Å²) in [7, 11) is -0.174. The quantitative estimate of drug-likeness (QED) is 0.595. The Morgan fingerprint density at radius 1 is 1.17 bits per heavy atom. The Bertz CT molecular complexity index is 775. The summed E-state index contributed by atoms with van der Waals surface area (Å²) in [6, 6.07) is 2.00. The van der Waals surface area contributed by atoms with Crippen molar-refractivity contribution in [2.24, 2.45) is 5.92 Å². The maximum Gasteiger partial charge on any atom is 0.223 e. The monoisotopic (exact) mass is 434 g/mol. The van der Waals surface area contributed by atoms with Crippen molar-refractivity contribution in [3.63, 3.8) is 0 Å². The molecule has 2 heterocycles. The average molecular weight is 435 g/mol. The number of carbonyl (C=O) groups excluding carboxylic acids is 1. The Kier molecular flexibility index (Phi) is 10.2. The summed E-state index contributed by atoms with van der Waals surface area (Å²) in [6.07, 6.45) is 20.2. The lowest BCUT2D eigenvalue weighted by Crippen LogP contribution is -2.31. The van der Waals surface area contributed by atoms with Crippen LogP contribution in [0.4, 0.5) is 0 Å². The molecule has 0 unspecified atom stereocenters. The third-order valence-electron chi connectivity index (χ3n) is 5.50. The lowest BCUT2D eigenvalue weighted by atomic mass is 9.89. The smallest absolute Gasteiger partial charge is 0.223 e. The van der Waals surface area contributed by atoms with Crippen molar-refractivity contribution >= 4 is 27.1 Å². The number of fused-ring (bicyclic) bond motifs is 1. The molecular formula is C24H42N4OS. The molecule has 1 amide bonds. The Labute approximate surface area is 184 Å². The highest BCUT2D eigenvalue weighted by Gasteiger charge is 2.20. The number of rotatable bonds is 8. The van der Waals surface area contributed by atoms with Crippen molar-refractivity contribution in [3.05, 3.63) is 24.2 Å². The van der Waals surface area contributed by atoms with Crippen LogP contribution in [0.1, 0.15) is 70.9 Å². The van der Waals surface area contributed by atoms with E-state index < -0.39 is 0 Å². The Hall–Kier alpha value is -1.56. The van der Waals surface area contributed by atoms with E-state index in [1.807, 2.05) is 12.3 Å². The van der Waals surface area contributed by atoms with Gasteiger partial charge in [0.1, 0.15) is 5.52 Å². The predicted octanol–water partition coefficient (Wildman–Crippen LogP) is 5.52. The molecule has 170 valence electrons. The highest BCUT2D eigenvalue weighted by molar-refractivity contribution is 8.32. The van der Waals surface area contributed by atoms with E-state index in [0.29, 0.717) is 6.54 Å². The van der Waals surface area contributed by atoms with Crippen LogP contribution in [0.5, 0.6) is 0 Å². The molecule has 2 aromatic rings. The van der Waals surface area contributed by atoms with Gasteiger partial charge in [-0.1, -0.05) is 39.5 Å². The van der Waals surface area contributed by atoms with Crippen molar-refractivity contribution in [1.29, 1.82) is 0 Å². The van der Waals surface area contributed by atoms with Crippen LogP contribution < -0.4 is 5.32 Å². The van der Waals surface area contributed by atoms with Gasteiger partial charge in [-0.25, -0.2) is 20.0 Å². The van der Waals surface area contributed by atoms with Gasteiger partial charge in [-0.15, -0.1) is 0 Å². The van der Waals surface area contributed by atoms with Gasteiger partial charge < -0.3 is 9.88 Å². The predicted molar refractivity (Wildman–Crippen MR) is 131 cm³/mol. The number of hydrogen-bond donors (Lipinski definition) is 1. The van der Waals surface area contributed by atoms with E-state index in [1.54, 1.807) is 6.20 Å². The molecule has 3 rings (SSSR count). The average Bonchev–Trinajstić information content (AvgIpc) is 3.13. The molecule has 5 nitrogen and oxygen atoms in total. The van der Waals surface area contributed by atoms with Crippen LogP contribution in [0.3, 0.4) is 0 Å². The van der Waals surface area contributed by atoms with Gasteiger partial charge >= 0.3 is 0 Å². The highest BCUT2D eigenvalue weighted by atomic mass is 32.3. The normalized spacial score (nSPS) is 15.5. The minimum atomic E-state index is -0.174. The fourth-order valence-electron chi connectivity index (χ4n) is 3.89. The van der Waals surface area contributed by atoms with E-state index in [0.717, 1.165) is 42.7 Å². The highest BCUT2D eigenvalue weighted by Crippen LogP contribution is 2.34. The second-order valence-corrected chi connectivity index (χ2v) is 13.9. The first-order valence-corrected chi connectivity index (χ1v) is 14.6. The molecule has 1 saturated carbocycles. The van der Waals surface area contributed by atoms with Crippen molar-refractivity contribution in [1.82, 2.24) is 19.9 Å². The summed E-state index contributed by atoms with van der Waals surface area (Å²) in [5, 5.41) is 3.03. The van der Waals surface area contributed by atoms with Crippen molar-refractivity contribution in [2.45, 2.75) is 78.3 Å². The summed E-state index contributed by atoms with van der Waals surface area (Å²) in [5.74, 6) is 1.79. The molecule has 0 aromatic carbocycles. The zero-order valence-corrected chi connectivity index (χ0v) is 20.6. The molecule has 1 aliphatic carbocycles. The molecule has 2 aromatic heterocycles. The molecule has 0 radical (unpaired) electrons. The number of aromatic nitrogens is 3. The van der Waals surface area contributed by atoms with Gasteiger partial charge in [0.05, 0.1) is 18.4 Å². The molecule has 1 aliphatic rings. The molecule has 0 spiro atoms. The molecule has 1 fully saturated rings. The lowest BCUT2D eigenvalue weighted by Gasteiger charge is -2.23. The number of amides is 1. The van der Waals surface area contributed by atoms with E-state index in [-0.39, 0.29) is 21.9 Å². The summed E-state index contributed by atoms with van der Waals surface area (Å²) >= 11 is 0. The van der Waals surface area contributed by atoms with Gasteiger partial charge in [0.15, 0.2) is 5.65 Å². The number of aryl methyl sites for hydroxylation is 1. The van der Waals surface area contributed by atoms with Crippen molar-refractivity contribution in [2.75, 3.05) is 24.5 Å². The summed E-state index contributed by atoms with van der Waals surface area (Å²) in [4.78, 5) is 21.4. The summed E-state index contributed by atoms with van der Waals surface area (Å²) < 4.78 is 2.15. The summed E-state index contributed by atoms with van der Waals surface area (Å²) in [5.41, 5.74) is 2.67. The van der Waals surface area contributed by atoms with Gasteiger partial charge in [0, 0.05) is 18.7 Å². The van der Waals surface area contributed by atoms with Gasteiger partial charge in [-0.2, -0.15) is 0 Å². The van der Waals surface area contributed by atoms with E-state index in [4.69, 9.17) is 0 Å². The van der Waals surface area contributed by atoms with Crippen molar-refractivity contribution in [3.8, 4) is 0 Å². The topological polar surface area (TPSA) is 59.8 Å². The van der Waals surface area contributed by atoms with E-state index in [1.165, 1.54) is 37.9 Å². The number of nitrogens with one attached hydrogen (secondary N) is 1. The molecule has 0 bridgehead atoms. The second-order valence-electron chi connectivity index (χ2n) is 9.28. The molecule has 1 N–H and O–H groups in total. The molecule has 6 heteroatoms. The minimum Gasteiger partial charge on any atom is -0.350 e. The third-order valence-corrected chi connectivity index (χ3v) is 7.14. The first-order valence-electron chi connectivity index (χ1n) is 11.6.